The van der Waals surface area contributed by atoms with Gasteiger partial charge in [-0.2, -0.15) is 13.2 Å². The van der Waals surface area contributed by atoms with Crippen LogP contribution in [0.5, 0.6) is 5.75 Å². The molecule has 2 fully saturated rings. The Morgan fingerprint density at radius 3 is 2.22 bits per heavy atom. The number of nitrogens with zero attached hydrogens (tertiary/aromatic N) is 1. The van der Waals surface area contributed by atoms with Gasteiger partial charge in [0, 0.05) is 31.5 Å². The molecule has 0 amide bonds. The van der Waals surface area contributed by atoms with E-state index in [2.05, 4.69) is 17.0 Å². The maximum Gasteiger partial charge on any atom is 0.416 e. The highest BCUT2D eigenvalue weighted by atomic mass is 19.4. The van der Waals surface area contributed by atoms with Crippen molar-refractivity contribution in [2.24, 2.45) is 11.8 Å². The zero-order valence-corrected chi connectivity index (χ0v) is 14.8. The fourth-order valence-corrected chi connectivity index (χ4v) is 4.35. The van der Waals surface area contributed by atoms with E-state index >= 15 is 0 Å². The normalized spacial score (nSPS) is 25.6. The van der Waals surface area contributed by atoms with Crippen LogP contribution in [0.2, 0.25) is 0 Å². The van der Waals surface area contributed by atoms with Crippen LogP contribution in [0.25, 0.3) is 0 Å². The molecule has 144 valence electrons. The van der Waals surface area contributed by atoms with E-state index in [1.54, 1.807) is 0 Å². The SMILES string of the molecule is Fc1cc(C(F)(F)F)ccc1OC1C2CCC1CN(Cc1ccccc1)C2. The molecule has 0 spiro atoms. The number of fused-ring (bicyclic) bond motifs is 2. The van der Waals surface area contributed by atoms with Crippen molar-refractivity contribution < 1.29 is 22.3 Å². The number of rotatable bonds is 4. The topological polar surface area (TPSA) is 12.5 Å². The summed E-state index contributed by atoms with van der Waals surface area (Å²) in [6.45, 7) is 2.59. The van der Waals surface area contributed by atoms with Crippen LogP contribution in [-0.4, -0.2) is 24.1 Å². The van der Waals surface area contributed by atoms with Gasteiger partial charge in [-0.25, -0.2) is 4.39 Å². The van der Waals surface area contributed by atoms with Crippen LogP contribution in [0.1, 0.15) is 24.0 Å². The fraction of sp³-hybridized carbons (Fsp3) is 0.429. The first-order valence-electron chi connectivity index (χ1n) is 9.20. The third kappa shape index (κ3) is 3.95. The zero-order chi connectivity index (χ0) is 19.0. The zero-order valence-electron chi connectivity index (χ0n) is 14.8. The van der Waals surface area contributed by atoms with E-state index in [0.29, 0.717) is 6.07 Å². The molecule has 2 aromatic carbocycles. The number of piperidine rings is 1. The molecule has 0 aromatic heterocycles. The molecule has 0 radical (unpaired) electrons. The summed E-state index contributed by atoms with van der Waals surface area (Å²) >= 11 is 0. The lowest BCUT2D eigenvalue weighted by atomic mass is 9.94. The summed E-state index contributed by atoms with van der Waals surface area (Å²) in [5.41, 5.74) is 0.262. The van der Waals surface area contributed by atoms with Crippen molar-refractivity contribution in [1.29, 1.82) is 0 Å². The van der Waals surface area contributed by atoms with Gasteiger partial charge in [0.15, 0.2) is 11.6 Å². The monoisotopic (exact) mass is 379 g/mol. The van der Waals surface area contributed by atoms with Crippen molar-refractivity contribution in [2.75, 3.05) is 13.1 Å². The van der Waals surface area contributed by atoms with Crippen molar-refractivity contribution >= 4 is 0 Å². The minimum absolute atomic E-state index is 0.0820. The number of hydrogen-bond acceptors (Lipinski definition) is 2. The lowest BCUT2D eigenvalue weighted by Gasteiger charge is -2.38. The fourth-order valence-electron chi connectivity index (χ4n) is 4.35. The van der Waals surface area contributed by atoms with E-state index in [1.165, 1.54) is 5.56 Å². The summed E-state index contributed by atoms with van der Waals surface area (Å²) < 4.78 is 58.1. The van der Waals surface area contributed by atoms with Gasteiger partial charge in [-0.3, -0.25) is 4.90 Å². The highest BCUT2D eigenvalue weighted by Crippen LogP contribution is 2.41. The first kappa shape index (κ1) is 18.3. The van der Waals surface area contributed by atoms with Crippen LogP contribution in [0, 0.1) is 17.7 Å². The van der Waals surface area contributed by atoms with Gasteiger partial charge in [0.25, 0.3) is 0 Å². The number of halogens is 4. The van der Waals surface area contributed by atoms with Crippen molar-refractivity contribution in [3.05, 3.63) is 65.5 Å². The smallest absolute Gasteiger partial charge is 0.416 e. The van der Waals surface area contributed by atoms with Gasteiger partial charge in [0.05, 0.1) is 5.56 Å². The molecular formula is C21H21F4NO. The number of alkyl halides is 3. The number of hydrogen-bond donors (Lipinski definition) is 0. The third-order valence-corrected chi connectivity index (χ3v) is 5.59. The van der Waals surface area contributed by atoms with Gasteiger partial charge in [0.1, 0.15) is 6.10 Å². The Hall–Kier alpha value is -2.08. The summed E-state index contributed by atoms with van der Waals surface area (Å²) in [7, 11) is 0. The van der Waals surface area contributed by atoms with E-state index in [1.807, 2.05) is 18.2 Å². The van der Waals surface area contributed by atoms with Gasteiger partial charge in [0.2, 0.25) is 0 Å². The Morgan fingerprint density at radius 1 is 0.963 bits per heavy atom. The molecule has 1 saturated carbocycles. The number of likely N-dealkylation sites (tertiary alicyclic amines) is 1. The van der Waals surface area contributed by atoms with Gasteiger partial charge in [-0.05, 0) is 36.6 Å². The summed E-state index contributed by atoms with van der Waals surface area (Å²) in [4.78, 5) is 2.39. The Kier molecular flexibility index (Phi) is 4.84. The molecule has 2 bridgehead atoms. The van der Waals surface area contributed by atoms with Crippen LogP contribution in [0.15, 0.2) is 48.5 Å². The quantitative estimate of drug-likeness (QED) is 0.683. The molecule has 1 heterocycles. The third-order valence-electron chi connectivity index (χ3n) is 5.59. The lowest BCUT2D eigenvalue weighted by Crippen LogP contribution is -2.46. The number of ether oxygens (including phenoxy) is 1. The lowest BCUT2D eigenvalue weighted by molar-refractivity contribution is -0.137. The second-order valence-electron chi connectivity index (χ2n) is 7.50. The largest absolute Gasteiger partial charge is 0.487 e. The van der Waals surface area contributed by atoms with Crippen molar-refractivity contribution in [3.8, 4) is 5.75 Å². The second kappa shape index (κ2) is 7.15. The van der Waals surface area contributed by atoms with Crippen molar-refractivity contribution in [1.82, 2.24) is 4.90 Å². The minimum atomic E-state index is -4.55. The molecule has 2 aliphatic rings. The van der Waals surface area contributed by atoms with Crippen LogP contribution < -0.4 is 4.74 Å². The van der Waals surface area contributed by atoms with E-state index < -0.39 is 17.6 Å². The van der Waals surface area contributed by atoms with E-state index in [4.69, 9.17) is 4.74 Å². The molecule has 0 N–H and O–H groups in total. The standard InChI is InChI=1S/C21H21F4NO/c22-18-10-17(21(23,24)25)8-9-19(18)27-20-15-6-7-16(20)13-26(12-15)11-14-4-2-1-3-5-14/h1-5,8-10,15-16,20H,6-7,11-13H2. The Balaban J connectivity index is 1.43. The van der Waals surface area contributed by atoms with E-state index in [9.17, 15) is 17.6 Å². The second-order valence-corrected chi connectivity index (χ2v) is 7.50. The summed E-state index contributed by atoms with van der Waals surface area (Å²) in [6, 6.07) is 12.7. The predicted molar refractivity (Wildman–Crippen MR) is 93.8 cm³/mol. The minimum Gasteiger partial charge on any atom is -0.487 e. The van der Waals surface area contributed by atoms with Crippen molar-refractivity contribution in [3.63, 3.8) is 0 Å². The molecule has 4 rings (SSSR count). The highest BCUT2D eigenvalue weighted by Gasteiger charge is 2.44. The van der Waals surface area contributed by atoms with Crippen LogP contribution in [-0.2, 0) is 12.7 Å². The maximum atomic E-state index is 14.1. The van der Waals surface area contributed by atoms with Gasteiger partial charge in [-0.1, -0.05) is 30.3 Å². The van der Waals surface area contributed by atoms with Crippen LogP contribution >= 0.6 is 0 Å². The maximum absolute atomic E-state index is 14.1. The Morgan fingerprint density at radius 2 is 1.63 bits per heavy atom. The summed E-state index contributed by atoms with van der Waals surface area (Å²) in [6.07, 6.45) is -2.68. The highest BCUT2D eigenvalue weighted by molar-refractivity contribution is 5.31. The molecule has 1 aliphatic heterocycles. The summed E-state index contributed by atoms with van der Waals surface area (Å²) in [5, 5.41) is 0. The molecule has 2 atom stereocenters. The number of benzene rings is 2. The average molecular weight is 379 g/mol. The van der Waals surface area contributed by atoms with E-state index in [0.717, 1.165) is 44.6 Å². The summed E-state index contributed by atoms with van der Waals surface area (Å²) in [5.74, 6) is -0.486. The Labute approximate surface area is 155 Å². The average Bonchev–Trinajstić information content (AvgIpc) is 2.85. The van der Waals surface area contributed by atoms with Crippen molar-refractivity contribution in [2.45, 2.75) is 31.7 Å². The molecule has 2 nitrogen and oxygen atoms in total. The molecule has 27 heavy (non-hydrogen) atoms. The molecule has 1 aliphatic carbocycles. The van der Waals surface area contributed by atoms with Crippen LogP contribution in [0.3, 0.4) is 0 Å². The molecule has 6 heteroatoms. The first-order chi connectivity index (χ1) is 12.9. The van der Waals surface area contributed by atoms with E-state index in [-0.39, 0.29) is 23.7 Å². The molecule has 2 unspecified atom stereocenters. The molecule has 2 aromatic rings. The first-order valence-corrected chi connectivity index (χ1v) is 9.20. The predicted octanol–water partition coefficient (Wildman–Crippen LogP) is 5.13. The Bertz CT molecular complexity index is 779. The van der Waals surface area contributed by atoms with Gasteiger partial charge < -0.3 is 4.74 Å². The van der Waals surface area contributed by atoms with Gasteiger partial charge in [-0.15, -0.1) is 0 Å². The molecule has 1 saturated heterocycles. The molecular weight excluding hydrogens is 358 g/mol. The van der Waals surface area contributed by atoms with Gasteiger partial charge >= 0.3 is 6.18 Å². The van der Waals surface area contributed by atoms with Crippen LogP contribution in [0.4, 0.5) is 17.6 Å².